The van der Waals surface area contributed by atoms with Gasteiger partial charge in [0.25, 0.3) is 0 Å². The second-order valence-corrected chi connectivity index (χ2v) is 8.44. The van der Waals surface area contributed by atoms with Crippen molar-refractivity contribution in [3.05, 3.63) is 72.3 Å². The second kappa shape index (κ2) is 8.98. The fourth-order valence-electron chi connectivity index (χ4n) is 4.71. The van der Waals surface area contributed by atoms with Gasteiger partial charge < -0.3 is 10.2 Å². The van der Waals surface area contributed by atoms with E-state index in [9.17, 15) is 0 Å². The van der Waals surface area contributed by atoms with E-state index in [0.29, 0.717) is 5.92 Å². The molecule has 0 spiro atoms. The van der Waals surface area contributed by atoms with E-state index < -0.39 is 0 Å². The minimum absolute atomic E-state index is 0.586. The molecular weight excluding hydrogens is 372 g/mol. The first-order valence-electron chi connectivity index (χ1n) is 11.1. The van der Waals surface area contributed by atoms with Gasteiger partial charge in [-0.2, -0.15) is 5.10 Å². The smallest absolute Gasteiger partial charge is 0.138 e. The van der Waals surface area contributed by atoms with Crippen LogP contribution in [-0.2, 0) is 6.54 Å². The van der Waals surface area contributed by atoms with Gasteiger partial charge in [-0.1, -0.05) is 30.3 Å². The zero-order valence-electron chi connectivity index (χ0n) is 17.5. The predicted octanol–water partition coefficient (Wildman–Crippen LogP) is 3.37. The Morgan fingerprint density at radius 3 is 2.60 bits per heavy atom. The molecule has 1 atom stereocenters. The summed E-state index contributed by atoms with van der Waals surface area (Å²) in [5.41, 5.74) is 5.21. The first-order chi connectivity index (χ1) is 14.8. The molecule has 156 valence electrons. The molecule has 6 heteroatoms. The molecule has 2 aromatic carbocycles. The van der Waals surface area contributed by atoms with Crippen molar-refractivity contribution in [1.29, 1.82) is 0 Å². The maximum absolute atomic E-state index is 4.27. The average Bonchev–Trinajstić information content (AvgIpc) is 3.46. The molecule has 2 aliphatic heterocycles. The highest BCUT2D eigenvalue weighted by molar-refractivity contribution is 5.61. The van der Waals surface area contributed by atoms with Crippen molar-refractivity contribution >= 4 is 5.69 Å². The highest BCUT2D eigenvalue weighted by Crippen LogP contribution is 2.35. The van der Waals surface area contributed by atoms with Crippen LogP contribution < -0.4 is 5.32 Å². The largest absolute Gasteiger partial charge is 0.384 e. The van der Waals surface area contributed by atoms with Crippen LogP contribution in [0.3, 0.4) is 0 Å². The number of benzene rings is 2. The molecule has 0 saturated carbocycles. The summed E-state index contributed by atoms with van der Waals surface area (Å²) in [4.78, 5) is 9.28. The molecule has 0 aliphatic carbocycles. The number of anilines is 1. The van der Waals surface area contributed by atoms with Crippen LogP contribution in [0.15, 0.2) is 61.2 Å². The van der Waals surface area contributed by atoms with Crippen LogP contribution in [0.25, 0.3) is 5.69 Å². The molecule has 1 unspecified atom stereocenters. The molecule has 1 N–H and O–H groups in total. The van der Waals surface area contributed by atoms with E-state index in [0.717, 1.165) is 18.8 Å². The van der Waals surface area contributed by atoms with Crippen molar-refractivity contribution in [1.82, 2.24) is 24.6 Å². The third-order valence-electron chi connectivity index (χ3n) is 6.44. The summed E-state index contributed by atoms with van der Waals surface area (Å²) < 4.78 is 1.84. The van der Waals surface area contributed by atoms with Gasteiger partial charge in [0.15, 0.2) is 0 Å². The third kappa shape index (κ3) is 4.40. The molecule has 1 aromatic heterocycles. The lowest BCUT2D eigenvalue weighted by Crippen LogP contribution is -2.46. The van der Waals surface area contributed by atoms with Crippen LogP contribution in [-0.4, -0.2) is 63.8 Å². The van der Waals surface area contributed by atoms with Crippen molar-refractivity contribution in [3.63, 3.8) is 0 Å². The highest BCUT2D eigenvalue weighted by atomic mass is 15.3. The number of aromatic nitrogens is 3. The summed E-state index contributed by atoms with van der Waals surface area (Å²) in [6, 6.07) is 17.4. The summed E-state index contributed by atoms with van der Waals surface area (Å²) in [5, 5.41) is 7.84. The maximum Gasteiger partial charge on any atom is 0.138 e. The number of hydrogen-bond donors (Lipinski definition) is 1. The summed E-state index contributed by atoms with van der Waals surface area (Å²) in [6.45, 7) is 8.03. The number of nitrogens with one attached hydrogen (secondary N) is 1. The van der Waals surface area contributed by atoms with E-state index >= 15 is 0 Å². The molecule has 1 fully saturated rings. The van der Waals surface area contributed by atoms with Gasteiger partial charge in [-0.25, -0.2) is 9.67 Å². The second-order valence-electron chi connectivity index (χ2n) is 8.44. The summed E-state index contributed by atoms with van der Waals surface area (Å²) in [5.74, 6) is 0.586. The molecule has 1 saturated heterocycles. The van der Waals surface area contributed by atoms with Gasteiger partial charge in [-0.3, -0.25) is 4.90 Å². The number of hydrogen-bond acceptors (Lipinski definition) is 5. The van der Waals surface area contributed by atoms with Crippen LogP contribution in [0.1, 0.15) is 29.9 Å². The third-order valence-corrected chi connectivity index (χ3v) is 6.44. The van der Waals surface area contributed by atoms with Crippen molar-refractivity contribution in [2.45, 2.75) is 25.3 Å². The van der Waals surface area contributed by atoms with E-state index in [2.05, 4.69) is 73.7 Å². The topological polar surface area (TPSA) is 49.2 Å². The molecule has 5 rings (SSSR count). The van der Waals surface area contributed by atoms with Crippen LogP contribution in [0.5, 0.6) is 0 Å². The molecule has 2 aliphatic rings. The first kappa shape index (κ1) is 19.3. The summed E-state index contributed by atoms with van der Waals surface area (Å²) >= 11 is 0. The Kier molecular flexibility index (Phi) is 5.77. The molecule has 6 nitrogen and oxygen atoms in total. The fraction of sp³-hybridized carbons (Fsp3) is 0.417. The molecule has 0 amide bonds. The Balaban J connectivity index is 1.09. The van der Waals surface area contributed by atoms with E-state index in [-0.39, 0.29) is 0 Å². The normalized spacial score (nSPS) is 19.5. The fourth-order valence-corrected chi connectivity index (χ4v) is 4.71. The average molecular weight is 403 g/mol. The maximum atomic E-state index is 4.27. The molecule has 3 heterocycles. The minimum Gasteiger partial charge on any atom is -0.384 e. The Morgan fingerprint density at radius 1 is 0.967 bits per heavy atom. The van der Waals surface area contributed by atoms with Gasteiger partial charge in [0, 0.05) is 50.9 Å². The lowest BCUT2D eigenvalue weighted by atomic mass is 9.95. The Labute approximate surface area is 178 Å². The quantitative estimate of drug-likeness (QED) is 0.657. The predicted molar refractivity (Wildman–Crippen MR) is 120 cm³/mol. The van der Waals surface area contributed by atoms with E-state index in [1.807, 2.05) is 4.68 Å². The molecule has 30 heavy (non-hydrogen) atoms. The van der Waals surface area contributed by atoms with E-state index in [1.54, 1.807) is 12.7 Å². The van der Waals surface area contributed by atoms with Gasteiger partial charge >= 0.3 is 0 Å². The van der Waals surface area contributed by atoms with Gasteiger partial charge in [0.05, 0.1) is 5.69 Å². The number of piperazine rings is 1. The van der Waals surface area contributed by atoms with Crippen LogP contribution in [0.4, 0.5) is 5.69 Å². The number of fused-ring (bicyclic) bond motifs is 1. The SMILES string of the molecule is c1ccc(CN2CCN(CCCC3CNc4ccc(-n5cncn5)cc43)CC2)cc1. The van der Waals surface area contributed by atoms with E-state index in [1.165, 1.54) is 62.4 Å². The molecule has 0 bridgehead atoms. The van der Waals surface area contributed by atoms with E-state index in [4.69, 9.17) is 0 Å². The summed E-state index contributed by atoms with van der Waals surface area (Å²) in [7, 11) is 0. The minimum atomic E-state index is 0.586. The van der Waals surface area contributed by atoms with Crippen molar-refractivity contribution in [3.8, 4) is 5.69 Å². The monoisotopic (exact) mass is 402 g/mol. The zero-order chi connectivity index (χ0) is 20.2. The van der Waals surface area contributed by atoms with Crippen LogP contribution in [0, 0.1) is 0 Å². The summed E-state index contributed by atoms with van der Waals surface area (Å²) in [6.07, 6.45) is 5.82. The first-order valence-corrected chi connectivity index (χ1v) is 11.1. The van der Waals surface area contributed by atoms with Gasteiger partial charge in [-0.15, -0.1) is 0 Å². The Hall–Kier alpha value is -2.70. The van der Waals surface area contributed by atoms with Crippen molar-refractivity contribution in [2.24, 2.45) is 0 Å². The van der Waals surface area contributed by atoms with Crippen molar-refractivity contribution in [2.75, 3.05) is 44.6 Å². The standard InChI is InChI=1S/C24H30N6/c1-2-5-20(6-3-1)17-29-13-11-28(12-14-29)10-4-7-21-16-26-24-9-8-22(15-23(21)24)30-19-25-18-27-30/h1-3,5-6,8-9,15,18-19,21,26H,4,7,10-14,16-17H2. The van der Waals surface area contributed by atoms with Gasteiger partial charge in [0.2, 0.25) is 0 Å². The Bertz CT molecular complexity index is 932. The van der Waals surface area contributed by atoms with Crippen LogP contribution in [0.2, 0.25) is 0 Å². The lowest BCUT2D eigenvalue weighted by molar-refractivity contribution is 0.125. The van der Waals surface area contributed by atoms with Gasteiger partial charge in [-0.05, 0) is 48.7 Å². The lowest BCUT2D eigenvalue weighted by Gasteiger charge is -2.34. The number of nitrogens with zero attached hydrogens (tertiary/aromatic N) is 5. The van der Waals surface area contributed by atoms with Crippen molar-refractivity contribution < 1.29 is 0 Å². The molecular formula is C24H30N6. The highest BCUT2D eigenvalue weighted by Gasteiger charge is 2.23. The Morgan fingerprint density at radius 2 is 1.80 bits per heavy atom. The van der Waals surface area contributed by atoms with Crippen LogP contribution >= 0.6 is 0 Å². The molecule has 3 aromatic rings. The number of rotatable bonds is 7. The molecule has 0 radical (unpaired) electrons. The van der Waals surface area contributed by atoms with Gasteiger partial charge in [0.1, 0.15) is 12.7 Å². The zero-order valence-corrected chi connectivity index (χ0v) is 17.5.